The van der Waals surface area contributed by atoms with Crippen molar-refractivity contribution in [3.05, 3.63) is 30.3 Å². The summed E-state index contributed by atoms with van der Waals surface area (Å²) in [7, 11) is 0. The van der Waals surface area contributed by atoms with E-state index in [-0.39, 0.29) is 0 Å². The van der Waals surface area contributed by atoms with Gasteiger partial charge in [-0.3, -0.25) is 0 Å². The molecule has 2 N–H and O–H groups in total. The number of hydrogen-bond acceptors (Lipinski definition) is 3. The minimum absolute atomic E-state index is 0.365. The molecule has 1 aromatic carbocycles. The monoisotopic (exact) mass is 207 g/mol. The molecule has 3 heteroatoms. The SMILES string of the molecule is O[C@]1(COc2ccccc2)CCCNC1. The molecule has 82 valence electrons. The molecule has 0 amide bonds. The maximum Gasteiger partial charge on any atom is 0.119 e. The van der Waals surface area contributed by atoms with Gasteiger partial charge in [0.1, 0.15) is 18.0 Å². The van der Waals surface area contributed by atoms with E-state index in [1.807, 2.05) is 30.3 Å². The summed E-state index contributed by atoms with van der Waals surface area (Å²) < 4.78 is 5.56. The molecule has 1 aliphatic rings. The number of nitrogens with one attached hydrogen (secondary N) is 1. The Balaban J connectivity index is 1.87. The van der Waals surface area contributed by atoms with Crippen molar-refractivity contribution in [1.29, 1.82) is 0 Å². The zero-order chi connectivity index (χ0) is 10.6. The van der Waals surface area contributed by atoms with Crippen LogP contribution in [0, 0.1) is 0 Å². The van der Waals surface area contributed by atoms with Crippen LogP contribution in [0.2, 0.25) is 0 Å². The molecule has 0 unspecified atom stereocenters. The quantitative estimate of drug-likeness (QED) is 0.782. The van der Waals surface area contributed by atoms with Crippen molar-refractivity contribution in [2.24, 2.45) is 0 Å². The standard InChI is InChI=1S/C12H17NO2/c14-12(7-4-8-13-9-12)10-15-11-5-2-1-3-6-11/h1-3,5-6,13-14H,4,7-10H2/t12-/m1/s1. The zero-order valence-corrected chi connectivity index (χ0v) is 8.78. The first-order chi connectivity index (χ1) is 7.29. The second-order valence-electron chi connectivity index (χ2n) is 4.11. The highest BCUT2D eigenvalue weighted by Gasteiger charge is 2.29. The highest BCUT2D eigenvalue weighted by atomic mass is 16.5. The second kappa shape index (κ2) is 4.64. The van der Waals surface area contributed by atoms with Gasteiger partial charge in [-0.2, -0.15) is 0 Å². The maximum absolute atomic E-state index is 10.1. The number of rotatable bonds is 3. The van der Waals surface area contributed by atoms with E-state index in [4.69, 9.17) is 4.74 Å². The fourth-order valence-electron chi connectivity index (χ4n) is 1.81. The van der Waals surface area contributed by atoms with E-state index in [9.17, 15) is 5.11 Å². The van der Waals surface area contributed by atoms with Gasteiger partial charge in [-0.05, 0) is 31.5 Å². The summed E-state index contributed by atoms with van der Waals surface area (Å²) in [6.45, 7) is 1.98. The van der Waals surface area contributed by atoms with Crippen LogP contribution in [0.5, 0.6) is 5.75 Å². The lowest BCUT2D eigenvalue weighted by molar-refractivity contribution is -0.0230. The van der Waals surface area contributed by atoms with E-state index in [1.54, 1.807) is 0 Å². The molecule has 2 rings (SSSR count). The Bertz CT molecular complexity index is 294. The van der Waals surface area contributed by atoms with Gasteiger partial charge >= 0.3 is 0 Å². The van der Waals surface area contributed by atoms with Crippen LogP contribution in [-0.2, 0) is 0 Å². The van der Waals surface area contributed by atoms with Crippen molar-refractivity contribution in [3.63, 3.8) is 0 Å². The van der Waals surface area contributed by atoms with Crippen LogP contribution in [0.1, 0.15) is 12.8 Å². The normalized spacial score (nSPS) is 26.2. The van der Waals surface area contributed by atoms with E-state index >= 15 is 0 Å². The highest BCUT2D eigenvalue weighted by Crippen LogP contribution is 2.18. The highest BCUT2D eigenvalue weighted by molar-refractivity contribution is 5.21. The fraction of sp³-hybridized carbons (Fsp3) is 0.500. The van der Waals surface area contributed by atoms with Crippen molar-refractivity contribution in [2.75, 3.05) is 19.7 Å². The van der Waals surface area contributed by atoms with Crippen molar-refractivity contribution in [1.82, 2.24) is 5.32 Å². The van der Waals surface area contributed by atoms with Gasteiger partial charge in [0.05, 0.1) is 0 Å². The van der Waals surface area contributed by atoms with Gasteiger partial charge in [-0.15, -0.1) is 0 Å². The number of para-hydroxylation sites is 1. The summed E-state index contributed by atoms with van der Waals surface area (Å²) in [5.74, 6) is 0.816. The topological polar surface area (TPSA) is 41.5 Å². The van der Waals surface area contributed by atoms with Crippen molar-refractivity contribution in [3.8, 4) is 5.75 Å². The van der Waals surface area contributed by atoms with E-state index < -0.39 is 5.60 Å². The van der Waals surface area contributed by atoms with Gasteiger partial charge < -0.3 is 15.2 Å². The summed E-state index contributed by atoms with van der Waals surface area (Å²) in [6.07, 6.45) is 1.82. The number of β-amino-alcohol motifs (C(OH)–C–C–N with tert-alkyl or cyclic N) is 1. The zero-order valence-electron chi connectivity index (χ0n) is 8.78. The molecular weight excluding hydrogens is 190 g/mol. The number of piperidine rings is 1. The average molecular weight is 207 g/mol. The summed E-state index contributed by atoms with van der Waals surface area (Å²) in [4.78, 5) is 0. The third-order valence-corrected chi connectivity index (χ3v) is 2.70. The predicted molar refractivity (Wildman–Crippen MR) is 59.0 cm³/mol. The van der Waals surface area contributed by atoms with E-state index in [0.29, 0.717) is 13.2 Å². The van der Waals surface area contributed by atoms with E-state index in [1.165, 1.54) is 0 Å². The Labute approximate surface area is 90.1 Å². The van der Waals surface area contributed by atoms with Gasteiger partial charge in [-0.1, -0.05) is 18.2 Å². The lowest BCUT2D eigenvalue weighted by Gasteiger charge is -2.32. The summed E-state index contributed by atoms with van der Waals surface area (Å²) in [5, 5.41) is 13.3. The van der Waals surface area contributed by atoms with Gasteiger partial charge in [0.15, 0.2) is 0 Å². The molecule has 0 saturated carbocycles. The van der Waals surface area contributed by atoms with Crippen molar-refractivity contribution < 1.29 is 9.84 Å². The molecule has 0 aliphatic carbocycles. The van der Waals surface area contributed by atoms with Gasteiger partial charge in [0.25, 0.3) is 0 Å². The van der Waals surface area contributed by atoms with Gasteiger partial charge in [0.2, 0.25) is 0 Å². The number of hydrogen-bond donors (Lipinski definition) is 2. The molecule has 1 saturated heterocycles. The Morgan fingerprint density at radius 1 is 1.33 bits per heavy atom. The van der Waals surface area contributed by atoms with E-state index in [0.717, 1.165) is 25.1 Å². The molecule has 3 nitrogen and oxygen atoms in total. The van der Waals surface area contributed by atoms with Gasteiger partial charge in [0, 0.05) is 6.54 Å². The summed E-state index contributed by atoms with van der Waals surface area (Å²) in [5.41, 5.74) is -0.700. The third-order valence-electron chi connectivity index (χ3n) is 2.70. The first-order valence-electron chi connectivity index (χ1n) is 5.39. The molecule has 0 radical (unpaired) electrons. The largest absolute Gasteiger partial charge is 0.491 e. The number of ether oxygens (including phenoxy) is 1. The lowest BCUT2D eigenvalue weighted by Crippen LogP contribution is -2.49. The summed E-state index contributed by atoms with van der Waals surface area (Å²) in [6, 6.07) is 9.61. The minimum Gasteiger partial charge on any atom is -0.491 e. The first-order valence-corrected chi connectivity index (χ1v) is 5.39. The van der Waals surface area contributed by atoms with E-state index in [2.05, 4.69) is 5.32 Å². The molecule has 0 aromatic heterocycles. The fourth-order valence-corrected chi connectivity index (χ4v) is 1.81. The minimum atomic E-state index is -0.700. The Morgan fingerprint density at radius 3 is 2.80 bits per heavy atom. The van der Waals surface area contributed by atoms with Crippen molar-refractivity contribution in [2.45, 2.75) is 18.4 Å². The average Bonchev–Trinajstić information content (AvgIpc) is 2.29. The molecule has 0 spiro atoms. The Morgan fingerprint density at radius 2 is 2.13 bits per heavy atom. The number of aliphatic hydroxyl groups is 1. The van der Waals surface area contributed by atoms with Gasteiger partial charge in [-0.25, -0.2) is 0 Å². The predicted octanol–water partition coefficient (Wildman–Crippen LogP) is 1.18. The molecule has 1 aliphatic heterocycles. The van der Waals surface area contributed by atoms with Crippen LogP contribution in [0.3, 0.4) is 0 Å². The Hall–Kier alpha value is -1.06. The van der Waals surface area contributed by atoms with Crippen LogP contribution < -0.4 is 10.1 Å². The molecule has 0 bridgehead atoms. The summed E-state index contributed by atoms with van der Waals surface area (Å²) >= 11 is 0. The molecular formula is C12H17NO2. The lowest BCUT2D eigenvalue weighted by atomic mass is 9.95. The molecule has 1 heterocycles. The molecule has 1 aromatic rings. The molecule has 1 fully saturated rings. The maximum atomic E-state index is 10.1. The van der Waals surface area contributed by atoms with Crippen molar-refractivity contribution >= 4 is 0 Å². The molecule has 1 atom stereocenters. The Kier molecular flexibility index (Phi) is 3.23. The van der Waals surface area contributed by atoms with Crippen LogP contribution in [0.25, 0.3) is 0 Å². The van der Waals surface area contributed by atoms with Crippen LogP contribution in [0.15, 0.2) is 30.3 Å². The van der Waals surface area contributed by atoms with Crippen LogP contribution in [-0.4, -0.2) is 30.4 Å². The molecule has 15 heavy (non-hydrogen) atoms. The number of benzene rings is 1. The first kappa shape index (κ1) is 10.5. The second-order valence-corrected chi connectivity index (χ2v) is 4.11. The van der Waals surface area contributed by atoms with Crippen LogP contribution >= 0.6 is 0 Å². The van der Waals surface area contributed by atoms with Crippen LogP contribution in [0.4, 0.5) is 0 Å². The smallest absolute Gasteiger partial charge is 0.119 e. The third kappa shape index (κ3) is 2.94.